The molecular weight excluding hydrogens is 303 g/mol. The van der Waals surface area contributed by atoms with Crippen molar-refractivity contribution in [2.24, 2.45) is 5.73 Å². The maximum Gasteiger partial charge on any atom is 0.272 e. The molecule has 9 heteroatoms. The summed E-state index contributed by atoms with van der Waals surface area (Å²) in [6, 6.07) is 4.30. The van der Waals surface area contributed by atoms with Crippen LogP contribution < -0.4 is 10.5 Å². The molecule has 2 rings (SSSR count). The Hall–Kier alpha value is -2.74. The molecule has 21 heavy (non-hydrogen) atoms. The number of benzene rings is 1. The van der Waals surface area contributed by atoms with Crippen LogP contribution in [0, 0.1) is 21.3 Å². The van der Waals surface area contributed by atoms with E-state index in [1.807, 2.05) is 0 Å². The zero-order chi connectivity index (χ0) is 15.6. The zero-order valence-electron chi connectivity index (χ0n) is 10.3. The summed E-state index contributed by atoms with van der Waals surface area (Å²) in [6.45, 7) is 0. The van der Waals surface area contributed by atoms with Gasteiger partial charge in [-0.05, 0) is 12.1 Å². The number of hydrogen-bond acceptors (Lipinski definition) is 5. The number of amidine groups is 1. The van der Waals surface area contributed by atoms with E-state index >= 15 is 0 Å². The molecule has 0 aliphatic rings. The van der Waals surface area contributed by atoms with Crippen LogP contribution in [0.25, 0.3) is 0 Å². The third-order valence-corrected chi connectivity index (χ3v) is 2.85. The highest BCUT2D eigenvalue weighted by atomic mass is 35.5. The second kappa shape index (κ2) is 5.71. The van der Waals surface area contributed by atoms with Gasteiger partial charge in [-0.25, -0.2) is 9.37 Å². The molecule has 0 bridgehead atoms. The van der Waals surface area contributed by atoms with Crippen molar-refractivity contribution < 1.29 is 14.1 Å². The number of nitrogen functional groups attached to an aromatic ring is 1. The van der Waals surface area contributed by atoms with E-state index in [9.17, 15) is 14.5 Å². The summed E-state index contributed by atoms with van der Waals surface area (Å²) in [5.74, 6) is -1.67. The maximum atomic E-state index is 13.7. The fourth-order valence-electron chi connectivity index (χ4n) is 1.49. The number of hydrogen-bond donors (Lipinski definition) is 2. The number of rotatable bonds is 4. The van der Waals surface area contributed by atoms with E-state index in [4.69, 9.17) is 27.5 Å². The first-order valence-electron chi connectivity index (χ1n) is 5.51. The van der Waals surface area contributed by atoms with Gasteiger partial charge in [0.2, 0.25) is 5.88 Å². The van der Waals surface area contributed by atoms with Gasteiger partial charge in [0, 0.05) is 17.8 Å². The van der Waals surface area contributed by atoms with E-state index in [0.29, 0.717) is 0 Å². The Labute approximate surface area is 122 Å². The molecule has 0 fully saturated rings. The Morgan fingerprint density at radius 2 is 2.19 bits per heavy atom. The molecule has 7 nitrogen and oxygen atoms in total. The van der Waals surface area contributed by atoms with Gasteiger partial charge in [-0.1, -0.05) is 11.6 Å². The van der Waals surface area contributed by atoms with Crippen molar-refractivity contribution in [1.82, 2.24) is 4.98 Å². The third-order valence-electron chi connectivity index (χ3n) is 2.48. The number of nitrogens with zero attached hydrogens (tertiary/aromatic N) is 2. The molecule has 1 heterocycles. The van der Waals surface area contributed by atoms with E-state index in [1.165, 1.54) is 12.3 Å². The minimum absolute atomic E-state index is 0.0530. The lowest BCUT2D eigenvalue weighted by atomic mass is 10.2. The van der Waals surface area contributed by atoms with E-state index in [-0.39, 0.29) is 28.1 Å². The topological polar surface area (TPSA) is 115 Å². The lowest BCUT2D eigenvalue weighted by Gasteiger charge is -2.09. The summed E-state index contributed by atoms with van der Waals surface area (Å²) in [5, 5.41) is 17.8. The predicted molar refractivity (Wildman–Crippen MR) is 73.4 cm³/mol. The maximum absolute atomic E-state index is 13.7. The number of nitrogens with one attached hydrogen (secondary N) is 1. The molecule has 0 saturated heterocycles. The summed E-state index contributed by atoms with van der Waals surface area (Å²) in [7, 11) is 0. The highest BCUT2D eigenvalue weighted by Crippen LogP contribution is 2.32. The lowest BCUT2D eigenvalue weighted by Crippen LogP contribution is -2.12. The summed E-state index contributed by atoms with van der Waals surface area (Å²) >= 11 is 5.95. The highest BCUT2D eigenvalue weighted by molar-refractivity contribution is 6.35. The monoisotopic (exact) mass is 310 g/mol. The predicted octanol–water partition coefficient (Wildman–Crippen LogP) is 2.86. The minimum atomic E-state index is -0.935. The van der Waals surface area contributed by atoms with Crippen LogP contribution in [0.15, 0.2) is 30.5 Å². The summed E-state index contributed by atoms with van der Waals surface area (Å²) < 4.78 is 18.9. The van der Waals surface area contributed by atoms with Gasteiger partial charge in [0.05, 0.1) is 11.0 Å². The normalized spacial score (nSPS) is 10.2. The second-order valence-electron chi connectivity index (χ2n) is 3.87. The van der Waals surface area contributed by atoms with Crippen molar-refractivity contribution in [2.75, 3.05) is 0 Å². The summed E-state index contributed by atoms with van der Waals surface area (Å²) in [5.41, 5.74) is 5.10. The number of nitro benzene ring substituents is 1. The first-order valence-corrected chi connectivity index (χ1v) is 5.88. The van der Waals surface area contributed by atoms with Crippen molar-refractivity contribution in [2.45, 2.75) is 0 Å². The minimum Gasteiger partial charge on any atom is -0.434 e. The molecule has 3 N–H and O–H groups in total. The van der Waals surface area contributed by atoms with Crippen molar-refractivity contribution in [3.05, 3.63) is 57.0 Å². The third kappa shape index (κ3) is 3.06. The van der Waals surface area contributed by atoms with Crippen LogP contribution in [0.1, 0.15) is 5.56 Å². The summed E-state index contributed by atoms with van der Waals surface area (Å²) in [6.07, 6.45) is 1.29. The Kier molecular flexibility index (Phi) is 3.99. The Morgan fingerprint density at radius 3 is 2.76 bits per heavy atom. The number of nitro groups is 1. The number of nitrogens with two attached hydrogens (primary N) is 1. The van der Waals surface area contributed by atoms with Crippen molar-refractivity contribution in [1.29, 1.82) is 5.41 Å². The first-order chi connectivity index (χ1) is 9.90. The SMILES string of the molecule is N=C(N)c1ccnc(Oc2ccc([N+](=O)[O-])cc2F)c1Cl. The van der Waals surface area contributed by atoms with E-state index in [0.717, 1.165) is 18.2 Å². The van der Waals surface area contributed by atoms with Crippen LogP contribution >= 0.6 is 11.6 Å². The molecule has 108 valence electrons. The van der Waals surface area contributed by atoms with Crippen molar-refractivity contribution in [3.8, 4) is 11.6 Å². The molecule has 0 amide bonds. The quantitative estimate of drug-likeness (QED) is 0.390. The van der Waals surface area contributed by atoms with Gasteiger partial charge in [-0.15, -0.1) is 0 Å². The summed E-state index contributed by atoms with van der Waals surface area (Å²) in [4.78, 5) is 13.6. The van der Waals surface area contributed by atoms with Crippen LogP contribution in [0.4, 0.5) is 10.1 Å². The molecule has 2 aromatic rings. The number of ether oxygens (including phenoxy) is 1. The molecule has 1 aromatic heterocycles. The Bertz CT molecular complexity index is 738. The average Bonchev–Trinajstić information content (AvgIpc) is 2.42. The van der Waals surface area contributed by atoms with E-state index in [1.54, 1.807) is 0 Å². The average molecular weight is 311 g/mol. The molecule has 0 aliphatic carbocycles. The molecule has 1 aromatic carbocycles. The molecule has 0 atom stereocenters. The number of pyridine rings is 1. The second-order valence-corrected chi connectivity index (χ2v) is 4.24. The van der Waals surface area contributed by atoms with Gasteiger partial charge in [0.1, 0.15) is 10.9 Å². The lowest BCUT2D eigenvalue weighted by molar-refractivity contribution is -0.385. The van der Waals surface area contributed by atoms with Crippen LogP contribution in [-0.2, 0) is 0 Å². The van der Waals surface area contributed by atoms with E-state index in [2.05, 4.69) is 4.98 Å². The number of non-ortho nitro benzene ring substituents is 1. The molecule has 0 saturated carbocycles. The largest absolute Gasteiger partial charge is 0.434 e. The van der Waals surface area contributed by atoms with E-state index < -0.39 is 16.4 Å². The fraction of sp³-hybridized carbons (Fsp3) is 0. The van der Waals surface area contributed by atoms with Gasteiger partial charge in [0.15, 0.2) is 11.6 Å². The molecule has 0 aliphatic heterocycles. The van der Waals surface area contributed by atoms with Crippen molar-refractivity contribution >= 4 is 23.1 Å². The number of halogens is 2. The molecule has 0 radical (unpaired) electrons. The first kappa shape index (κ1) is 14.7. The van der Waals surface area contributed by atoms with Gasteiger partial charge in [-0.3, -0.25) is 15.5 Å². The number of aromatic nitrogens is 1. The van der Waals surface area contributed by atoms with Gasteiger partial charge < -0.3 is 10.5 Å². The van der Waals surface area contributed by atoms with Gasteiger partial charge in [0.25, 0.3) is 5.69 Å². The standard InChI is InChI=1S/C12H8ClFN4O3/c13-10-7(11(15)16)3-4-17-12(10)21-9-2-1-6(18(19)20)5-8(9)14/h1-5H,(H3,15,16). The fourth-order valence-corrected chi connectivity index (χ4v) is 1.75. The van der Waals surface area contributed by atoms with Crippen LogP contribution in [0.3, 0.4) is 0 Å². The Morgan fingerprint density at radius 1 is 1.48 bits per heavy atom. The highest BCUT2D eigenvalue weighted by Gasteiger charge is 2.16. The molecule has 0 spiro atoms. The zero-order valence-corrected chi connectivity index (χ0v) is 11.1. The van der Waals surface area contributed by atoms with Crippen LogP contribution in [-0.4, -0.2) is 15.7 Å². The van der Waals surface area contributed by atoms with Crippen LogP contribution in [0.2, 0.25) is 5.02 Å². The van der Waals surface area contributed by atoms with Gasteiger partial charge >= 0.3 is 0 Å². The van der Waals surface area contributed by atoms with Crippen molar-refractivity contribution in [3.63, 3.8) is 0 Å². The molecular formula is C12H8ClFN4O3. The smallest absolute Gasteiger partial charge is 0.272 e. The Balaban J connectivity index is 2.37. The van der Waals surface area contributed by atoms with Gasteiger partial charge in [-0.2, -0.15) is 0 Å². The van der Waals surface area contributed by atoms with Crippen LogP contribution in [0.5, 0.6) is 11.6 Å². The molecule has 0 unspecified atom stereocenters.